The molecule has 0 saturated carbocycles. The van der Waals surface area contributed by atoms with Crippen LogP contribution < -0.4 is 5.32 Å². The topological polar surface area (TPSA) is 29.1 Å². The molecule has 0 radical (unpaired) electrons. The van der Waals surface area contributed by atoms with Gasteiger partial charge in [-0.25, -0.2) is 0 Å². The molecule has 1 aromatic carbocycles. The molecule has 0 aliphatic heterocycles. The number of halogens is 1. The van der Waals surface area contributed by atoms with E-state index in [0.29, 0.717) is 17.1 Å². The summed E-state index contributed by atoms with van der Waals surface area (Å²) in [4.78, 5) is 11.7. The third-order valence-corrected chi connectivity index (χ3v) is 3.12. The SMILES string of the molecule is O=C(NCc1ccsc1)c1ccc(Cl)cc1. The zero-order chi connectivity index (χ0) is 11.4. The third kappa shape index (κ3) is 2.84. The van der Waals surface area contributed by atoms with Crippen LogP contribution in [0.25, 0.3) is 0 Å². The minimum atomic E-state index is -0.0807. The van der Waals surface area contributed by atoms with Crippen molar-refractivity contribution in [2.75, 3.05) is 0 Å². The van der Waals surface area contributed by atoms with Crippen LogP contribution in [0.3, 0.4) is 0 Å². The Balaban J connectivity index is 1.95. The molecule has 0 aliphatic carbocycles. The van der Waals surface area contributed by atoms with Gasteiger partial charge in [0.1, 0.15) is 0 Å². The van der Waals surface area contributed by atoms with Crippen LogP contribution >= 0.6 is 22.9 Å². The number of benzene rings is 1. The van der Waals surface area contributed by atoms with Crippen LogP contribution in [0.5, 0.6) is 0 Å². The van der Waals surface area contributed by atoms with Gasteiger partial charge in [-0.3, -0.25) is 4.79 Å². The zero-order valence-electron chi connectivity index (χ0n) is 8.44. The molecule has 4 heteroatoms. The van der Waals surface area contributed by atoms with E-state index in [1.807, 2.05) is 16.8 Å². The van der Waals surface area contributed by atoms with Crippen molar-refractivity contribution >= 4 is 28.8 Å². The summed E-state index contributed by atoms with van der Waals surface area (Å²) in [6.07, 6.45) is 0. The van der Waals surface area contributed by atoms with Crippen LogP contribution in [0.1, 0.15) is 15.9 Å². The lowest BCUT2D eigenvalue weighted by Crippen LogP contribution is -2.22. The first-order chi connectivity index (χ1) is 7.75. The lowest BCUT2D eigenvalue weighted by atomic mass is 10.2. The van der Waals surface area contributed by atoms with Crippen molar-refractivity contribution < 1.29 is 4.79 Å². The fourth-order valence-corrected chi connectivity index (χ4v) is 2.07. The maximum atomic E-state index is 11.7. The maximum absolute atomic E-state index is 11.7. The minimum Gasteiger partial charge on any atom is -0.348 e. The van der Waals surface area contributed by atoms with E-state index in [4.69, 9.17) is 11.6 Å². The molecule has 2 aromatic rings. The average molecular weight is 252 g/mol. The molecule has 1 amide bonds. The lowest BCUT2D eigenvalue weighted by Gasteiger charge is -2.03. The van der Waals surface area contributed by atoms with Gasteiger partial charge in [0, 0.05) is 17.1 Å². The number of carbonyl (C=O) groups is 1. The summed E-state index contributed by atoms with van der Waals surface area (Å²) in [7, 11) is 0. The van der Waals surface area contributed by atoms with E-state index in [1.54, 1.807) is 35.6 Å². The van der Waals surface area contributed by atoms with E-state index in [-0.39, 0.29) is 5.91 Å². The first-order valence-electron chi connectivity index (χ1n) is 4.80. The van der Waals surface area contributed by atoms with Crippen LogP contribution in [0.4, 0.5) is 0 Å². The van der Waals surface area contributed by atoms with Gasteiger partial charge in [0.15, 0.2) is 0 Å². The normalized spacial score (nSPS) is 10.1. The van der Waals surface area contributed by atoms with E-state index in [9.17, 15) is 4.79 Å². The molecule has 1 aromatic heterocycles. The van der Waals surface area contributed by atoms with E-state index in [1.165, 1.54) is 0 Å². The number of amides is 1. The van der Waals surface area contributed by atoms with E-state index in [0.717, 1.165) is 5.56 Å². The first kappa shape index (κ1) is 11.2. The Morgan fingerprint density at radius 1 is 1.25 bits per heavy atom. The van der Waals surface area contributed by atoms with Crippen molar-refractivity contribution in [2.24, 2.45) is 0 Å². The Bertz CT molecular complexity index is 464. The summed E-state index contributed by atoms with van der Waals surface area (Å²) in [5.74, 6) is -0.0807. The van der Waals surface area contributed by atoms with Crippen LogP contribution in [0.2, 0.25) is 5.02 Å². The van der Waals surface area contributed by atoms with Crippen LogP contribution in [-0.2, 0) is 6.54 Å². The van der Waals surface area contributed by atoms with Gasteiger partial charge < -0.3 is 5.32 Å². The van der Waals surface area contributed by atoms with Crippen molar-refractivity contribution in [1.29, 1.82) is 0 Å². The molecule has 0 saturated heterocycles. The first-order valence-corrected chi connectivity index (χ1v) is 6.12. The number of nitrogens with one attached hydrogen (secondary N) is 1. The third-order valence-electron chi connectivity index (χ3n) is 2.14. The fraction of sp³-hybridized carbons (Fsp3) is 0.0833. The van der Waals surface area contributed by atoms with Crippen molar-refractivity contribution in [2.45, 2.75) is 6.54 Å². The predicted octanol–water partition coefficient (Wildman–Crippen LogP) is 3.33. The molecule has 0 aliphatic rings. The monoisotopic (exact) mass is 251 g/mol. The molecule has 1 heterocycles. The van der Waals surface area contributed by atoms with Crippen molar-refractivity contribution in [3.8, 4) is 0 Å². The molecule has 0 fully saturated rings. The number of thiophene rings is 1. The highest BCUT2D eigenvalue weighted by atomic mass is 35.5. The van der Waals surface area contributed by atoms with Gasteiger partial charge in [0.2, 0.25) is 0 Å². The van der Waals surface area contributed by atoms with Crippen molar-refractivity contribution in [3.63, 3.8) is 0 Å². The second-order valence-corrected chi connectivity index (χ2v) is 4.54. The van der Waals surface area contributed by atoms with Gasteiger partial charge in [-0.1, -0.05) is 11.6 Å². The molecular formula is C12H10ClNOS. The minimum absolute atomic E-state index is 0.0807. The number of carbonyl (C=O) groups excluding carboxylic acids is 1. The van der Waals surface area contributed by atoms with Gasteiger partial charge in [-0.05, 0) is 46.7 Å². The molecule has 1 N–H and O–H groups in total. The molecule has 2 nitrogen and oxygen atoms in total. The standard InChI is InChI=1S/C12H10ClNOS/c13-11-3-1-10(2-4-11)12(15)14-7-9-5-6-16-8-9/h1-6,8H,7H2,(H,14,15). The molecule has 0 bridgehead atoms. The highest BCUT2D eigenvalue weighted by molar-refractivity contribution is 7.07. The Morgan fingerprint density at radius 2 is 2.00 bits per heavy atom. The fourth-order valence-electron chi connectivity index (χ4n) is 1.28. The molecular weight excluding hydrogens is 242 g/mol. The van der Waals surface area contributed by atoms with E-state index >= 15 is 0 Å². The highest BCUT2D eigenvalue weighted by Gasteiger charge is 2.04. The molecule has 0 spiro atoms. The largest absolute Gasteiger partial charge is 0.348 e. The Kier molecular flexibility index (Phi) is 3.59. The van der Waals surface area contributed by atoms with E-state index in [2.05, 4.69) is 5.32 Å². The number of rotatable bonds is 3. The van der Waals surface area contributed by atoms with Gasteiger partial charge in [-0.2, -0.15) is 11.3 Å². The highest BCUT2D eigenvalue weighted by Crippen LogP contribution is 2.10. The smallest absolute Gasteiger partial charge is 0.251 e. The summed E-state index contributed by atoms with van der Waals surface area (Å²) in [6, 6.07) is 8.84. The maximum Gasteiger partial charge on any atom is 0.251 e. The van der Waals surface area contributed by atoms with E-state index < -0.39 is 0 Å². The zero-order valence-corrected chi connectivity index (χ0v) is 10.0. The summed E-state index contributed by atoms with van der Waals surface area (Å²) in [5, 5.41) is 7.49. The second-order valence-electron chi connectivity index (χ2n) is 3.32. The van der Waals surface area contributed by atoms with Gasteiger partial charge >= 0.3 is 0 Å². The molecule has 82 valence electrons. The predicted molar refractivity (Wildman–Crippen MR) is 66.9 cm³/mol. The molecule has 0 unspecified atom stereocenters. The van der Waals surface area contributed by atoms with Gasteiger partial charge in [-0.15, -0.1) is 0 Å². The van der Waals surface area contributed by atoms with Crippen molar-refractivity contribution in [1.82, 2.24) is 5.32 Å². The van der Waals surface area contributed by atoms with Crippen LogP contribution in [0, 0.1) is 0 Å². The average Bonchev–Trinajstić information content (AvgIpc) is 2.80. The summed E-state index contributed by atoms with van der Waals surface area (Å²) in [5.41, 5.74) is 1.74. The Morgan fingerprint density at radius 3 is 2.62 bits per heavy atom. The lowest BCUT2D eigenvalue weighted by molar-refractivity contribution is 0.0951. The van der Waals surface area contributed by atoms with Crippen LogP contribution in [-0.4, -0.2) is 5.91 Å². The van der Waals surface area contributed by atoms with Gasteiger partial charge in [0.05, 0.1) is 0 Å². The number of hydrogen-bond acceptors (Lipinski definition) is 2. The Labute approximate surface area is 103 Å². The van der Waals surface area contributed by atoms with Crippen LogP contribution in [0.15, 0.2) is 41.1 Å². The summed E-state index contributed by atoms with van der Waals surface area (Å²) < 4.78 is 0. The molecule has 0 atom stereocenters. The molecule has 2 rings (SSSR count). The summed E-state index contributed by atoms with van der Waals surface area (Å²) >= 11 is 7.36. The summed E-state index contributed by atoms with van der Waals surface area (Å²) in [6.45, 7) is 0.560. The van der Waals surface area contributed by atoms with Crippen molar-refractivity contribution in [3.05, 3.63) is 57.2 Å². The number of hydrogen-bond donors (Lipinski definition) is 1. The molecule has 16 heavy (non-hydrogen) atoms. The Hall–Kier alpha value is -1.32. The quantitative estimate of drug-likeness (QED) is 0.891. The second kappa shape index (κ2) is 5.14. The van der Waals surface area contributed by atoms with Gasteiger partial charge in [0.25, 0.3) is 5.91 Å².